The van der Waals surface area contributed by atoms with Crippen LogP contribution in [0, 0.1) is 18.3 Å². The van der Waals surface area contributed by atoms with E-state index in [4.69, 9.17) is 0 Å². The molecule has 1 fully saturated rings. The van der Waals surface area contributed by atoms with Crippen molar-refractivity contribution in [3.63, 3.8) is 0 Å². The Kier molecular flexibility index (Phi) is 7.03. The Morgan fingerprint density at radius 2 is 1.55 bits per heavy atom. The smallest absolute Gasteiger partial charge is 0.237 e. The average molecular weight is 391 g/mol. The van der Waals surface area contributed by atoms with Gasteiger partial charge in [0.1, 0.15) is 6.04 Å². The van der Waals surface area contributed by atoms with Crippen molar-refractivity contribution in [2.75, 3.05) is 26.2 Å². The van der Waals surface area contributed by atoms with Crippen LogP contribution in [-0.2, 0) is 4.79 Å². The van der Waals surface area contributed by atoms with Gasteiger partial charge in [-0.1, -0.05) is 54.6 Å². The highest BCUT2D eigenvalue weighted by Gasteiger charge is 2.29. The molecule has 29 heavy (non-hydrogen) atoms. The van der Waals surface area contributed by atoms with Crippen LogP contribution in [0.3, 0.4) is 0 Å². The molecule has 5 heteroatoms. The molecule has 0 aliphatic carbocycles. The molecule has 0 radical (unpaired) electrons. The summed E-state index contributed by atoms with van der Waals surface area (Å²) >= 11 is 0. The maximum atomic E-state index is 12.8. The molecule has 3 rings (SSSR count). The largest absolute Gasteiger partial charge is 0.348 e. The van der Waals surface area contributed by atoms with E-state index in [0.29, 0.717) is 0 Å². The molecule has 1 saturated heterocycles. The fourth-order valence-corrected chi connectivity index (χ4v) is 4.04. The molecular weight excluding hydrogens is 360 g/mol. The predicted molar refractivity (Wildman–Crippen MR) is 115 cm³/mol. The van der Waals surface area contributed by atoms with Crippen molar-refractivity contribution in [2.45, 2.75) is 38.9 Å². The average Bonchev–Trinajstić information content (AvgIpc) is 2.75. The Bertz CT molecular complexity index is 853. The number of aryl methyl sites for hydroxylation is 1. The SMILES string of the molecule is Cc1ccccc1C(C)NC(=O)C(C)N1CCN(C(C#N)c2ccccc2)CC1. The quantitative estimate of drug-likeness (QED) is 0.821. The number of piperazine rings is 1. The summed E-state index contributed by atoms with van der Waals surface area (Å²) in [6, 6.07) is 20.1. The number of hydrogen-bond donors (Lipinski definition) is 1. The summed E-state index contributed by atoms with van der Waals surface area (Å²) in [4.78, 5) is 17.2. The molecule has 3 atom stereocenters. The van der Waals surface area contributed by atoms with Gasteiger partial charge in [0, 0.05) is 26.2 Å². The number of nitrogens with one attached hydrogen (secondary N) is 1. The van der Waals surface area contributed by atoms with E-state index in [9.17, 15) is 10.1 Å². The second kappa shape index (κ2) is 9.69. The van der Waals surface area contributed by atoms with E-state index < -0.39 is 0 Å². The minimum atomic E-state index is -0.233. The van der Waals surface area contributed by atoms with Crippen molar-refractivity contribution in [3.8, 4) is 6.07 Å². The molecule has 2 aromatic carbocycles. The number of nitrogens with zero attached hydrogens (tertiary/aromatic N) is 3. The summed E-state index contributed by atoms with van der Waals surface area (Å²) in [6.45, 7) is 9.17. The van der Waals surface area contributed by atoms with Crippen LogP contribution in [0.25, 0.3) is 0 Å². The van der Waals surface area contributed by atoms with Gasteiger partial charge in [-0.25, -0.2) is 0 Å². The lowest BCUT2D eigenvalue weighted by molar-refractivity contribution is -0.127. The van der Waals surface area contributed by atoms with Crippen LogP contribution >= 0.6 is 0 Å². The van der Waals surface area contributed by atoms with E-state index in [1.165, 1.54) is 5.56 Å². The van der Waals surface area contributed by atoms with E-state index in [1.54, 1.807) is 0 Å². The third-order valence-electron chi connectivity index (χ3n) is 5.89. The normalized spacial score (nSPS) is 18.4. The lowest BCUT2D eigenvalue weighted by atomic mass is 10.0. The summed E-state index contributed by atoms with van der Waals surface area (Å²) < 4.78 is 0. The number of amides is 1. The van der Waals surface area contributed by atoms with Gasteiger partial charge in [-0.15, -0.1) is 0 Å². The molecule has 0 aromatic heterocycles. The molecule has 2 aromatic rings. The summed E-state index contributed by atoms with van der Waals surface area (Å²) in [5.41, 5.74) is 3.36. The van der Waals surface area contributed by atoms with E-state index in [2.05, 4.69) is 40.2 Å². The monoisotopic (exact) mass is 390 g/mol. The van der Waals surface area contributed by atoms with Gasteiger partial charge in [-0.05, 0) is 37.5 Å². The highest BCUT2D eigenvalue weighted by Crippen LogP contribution is 2.22. The van der Waals surface area contributed by atoms with E-state index in [1.807, 2.05) is 56.3 Å². The summed E-state index contributed by atoms with van der Waals surface area (Å²) in [6.07, 6.45) is 0. The fraction of sp³-hybridized carbons (Fsp3) is 0.417. The standard InChI is InChI=1S/C24H30N4O/c1-18-9-7-8-12-22(18)19(2)26-24(29)20(3)27-13-15-28(16-14-27)23(17-25)21-10-5-4-6-11-21/h4-12,19-20,23H,13-16H2,1-3H3,(H,26,29). The van der Waals surface area contributed by atoms with Crippen LogP contribution in [-0.4, -0.2) is 47.9 Å². The molecule has 0 spiro atoms. The number of nitriles is 1. The van der Waals surface area contributed by atoms with E-state index >= 15 is 0 Å². The molecule has 1 heterocycles. The maximum Gasteiger partial charge on any atom is 0.237 e. The second-order valence-corrected chi connectivity index (χ2v) is 7.78. The second-order valence-electron chi connectivity index (χ2n) is 7.78. The van der Waals surface area contributed by atoms with Crippen molar-refractivity contribution < 1.29 is 4.79 Å². The Morgan fingerprint density at radius 3 is 2.17 bits per heavy atom. The lowest BCUT2D eigenvalue weighted by Gasteiger charge is -2.39. The Balaban J connectivity index is 1.55. The fourth-order valence-electron chi connectivity index (χ4n) is 4.04. The first-order valence-corrected chi connectivity index (χ1v) is 10.3. The van der Waals surface area contributed by atoms with Gasteiger partial charge >= 0.3 is 0 Å². The number of benzene rings is 2. The molecular formula is C24H30N4O. The minimum absolute atomic E-state index is 0.0199. The topological polar surface area (TPSA) is 59.4 Å². The van der Waals surface area contributed by atoms with Gasteiger partial charge in [0.25, 0.3) is 0 Å². The molecule has 1 aliphatic rings. The molecule has 3 unspecified atom stereocenters. The predicted octanol–water partition coefficient (Wildman–Crippen LogP) is 3.44. The van der Waals surface area contributed by atoms with Gasteiger partial charge in [-0.2, -0.15) is 5.26 Å². The van der Waals surface area contributed by atoms with Gasteiger partial charge in [0.2, 0.25) is 5.91 Å². The third kappa shape index (κ3) is 5.03. The zero-order chi connectivity index (χ0) is 20.8. The maximum absolute atomic E-state index is 12.8. The molecule has 1 aliphatic heterocycles. The van der Waals surface area contributed by atoms with Crippen molar-refractivity contribution >= 4 is 5.91 Å². The van der Waals surface area contributed by atoms with Crippen LogP contribution in [0.1, 0.15) is 42.6 Å². The molecule has 0 bridgehead atoms. The first-order chi connectivity index (χ1) is 14.0. The Labute approximate surface area is 173 Å². The van der Waals surface area contributed by atoms with Crippen LogP contribution in [0.15, 0.2) is 54.6 Å². The Hall–Kier alpha value is -2.68. The first kappa shape index (κ1) is 21.0. The van der Waals surface area contributed by atoms with Crippen molar-refractivity contribution in [2.24, 2.45) is 0 Å². The molecule has 1 amide bonds. The van der Waals surface area contributed by atoms with Crippen molar-refractivity contribution in [1.29, 1.82) is 5.26 Å². The molecule has 5 nitrogen and oxygen atoms in total. The van der Waals surface area contributed by atoms with Crippen molar-refractivity contribution in [3.05, 3.63) is 71.3 Å². The zero-order valence-electron chi connectivity index (χ0n) is 17.5. The molecule has 0 saturated carbocycles. The minimum Gasteiger partial charge on any atom is -0.348 e. The van der Waals surface area contributed by atoms with Crippen LogP contribution in [0.5, 0.6) is 0 Å². The lowest BCUT2D eigenvalue weighted by Crippen LogP contribution is -2.54. The van der Waals surface area contributed by atoms with Crippen LogP contribution in [0.2, 0.25) is 0 Å². The van der Waals surface area contributed by atoms with E-state index in [0.717, 1.165) is 37.3 Å². The van der Waals surface area contributed by atoms with Gasteiger partial charge in [-0.3, -0.25) is 14.6 Å². The Morgan fingerprint density at radius 1 is 0.966 bits per heavy atom. The number of rotatable bonds is 6. The summed E-state index contributed by atoms with van der Waals surface area (Å²) in [5, 5.41) is 12.8. The van der Waals surface area contributed by atoms with E-state index in [-0.39, 0.29) is 24.0 Å². The van der Waals surface area contributed by atoms with Gasteiger partial charge < -0.3 is 5.32 Å². The van der Waals surface area contributed by atoms with Crippen molar-refractivity contribution in [1.82, 2.24) is 15.1 Å². The van der Waals surface area contributed by atoms with Gasteiger partial charge in [0.05, 0.1) is 18.2 Å². The highest BCUT2D eigenvalue weighted by atomic mass is 16.2. The summed E-state index contributed by atoms with van der Waals surface area (Å²) in [7, 11) is 0. The number of carbonyl (C=O) groups is 1. The highest BCUT2D eigenvalue weighted by molar-refractivity contribution is 5.81. The third-order valence-corrected chi connectivity index (χ3v) is 5.89. The number of hydrogen-bond acceptors (Lipinski definition) is 4. The number of carbonyl (C=O) groups excluding carboxylic acids is 1. The summed E-state index contributed by atoms with van der Waals surface area (Å²) in [5.74, 6) is 0.0501. The zero-order valence-corrected chi connectivity index (χ0v) is 17.5. The molecule has 1 N–H and O–H groups in total. The van der Waals surface area contributed by atoms with Gasteiger partial charge in [0.15, 0.2) is 0 Å². The van der Waals surface area contributed by atoms with Crippen LogP contribution < -0.4 is 5.32 Å². The molecule has 152 valence electrons. The first-order valence-electron chi connectivity index (χ1n) is 10.3. The van der Waals surface area contributed by atoms with Crippen LogP contribution in [0.4, 0.5) is 0 Å².